The van der Waals surface area contributed by atoms with Crippen LogP contribution >= 0.6 is 0 Å². The second-order valence-electron chi connectivity index (χ2n) is 11.6. The van der Waals surface area contributed by atoms with Gasteiger partial charge in [-0.25, -0.2) is 0 Å². The van der Waals surface area contributed by atoms with E-state index in [1.807, 2.05) is 0 Å². The molecule has 0 radical (unpaired) electrons. The van der Waals surface area contributed by atoms with Gasteiger partial charge in [0.25, 0.3) is 0 Å². The molecular formula is C40H29N. The van der Waals surface area contributed by atoms with E-state index in [4.69, 9.17) is 0 Å². The maximum atomic E-state index is 2.60. The van der Waals surface area contributed by atoms with E-state index in [-0.39, 0.29) is 0 Å². The van der Waals surface area contributed by atoms with Gasteiger partial charge in [-0.3, -0.25) is 0 Å². The zero-order chi connectivity index (χ0) is 27.1. The normalized spacial score (nSPS) is 12.3. The SMILES string of the molecule is CCCCn1c2cc3c(ccc4ccc5ccccc5c43)cc2c2c3c(ccc4ccc5ccccc5c43)ccc21. The Labute approximate surface area is 238 Å². The van der Waals surface area contributed by atoms with Crippen LogP contribution in [0.5, 0.6) is 0 Å². The molecule has 0 spiro atoms. The molecule has 0 saturated carbocycles. The van der Waals surface area contributed by atoms with Crippen molar-refractivity contribution in [3.8, 4) is 0 Å². The van der Waals surface area contributed by atoms with Crippen LogP contribution in [0.2, 0.25) is 0 Å². The van der Waals surface area contributed by atoms with Crippen molar-refractivity contribution >= 4 is 86.4 Å². The fourth-order valence-electron chi connectivity index (χ4n) is 7.38. The number of hydrogen-bond acceptors (Lipinski definition) is 0. The molecule has 8 aromatic carbocycles. The summed E-state index contributed by atoms with van der Waals surface area (Å²) in [5.74, 6) is 0. The van der Waals surface area contributed by atoms with Crippen molar-refractivity contribution in [2.75, 3.05) is 0 Å². The second kappa shape index (κ2) is 8.56. The summed E-state index contributed by atoms with van der Waals surface area (Å²) >= 11 is 0. The largest absolute Gasteiger partial charge is 0.340 e. The second-order valence-corrected chi connectivity index (χ2v) is 11.6. The van der Waals surface area contributed by atoms with Crippen LogP contribution in [0, 0.1) is 0 Å². The fraction of sp³-hybridized carbons (Fsp3) is 0.100. The molecule has 0 aliphatic heterocycles. The highest BCUT2D eigenvalue weighted by Gasteiger charge is 2.18. The predicted octanol–water partition coefficient (Wildman–Crippen LogP) is 11.5. The number of hydrogen-bond donors (Lipinski definition) is 0. The van der Waals surface area contributed by atoms with Crippen LogP contribution in [0.4, 0.5) is 0 Å². The van der Waals surface area contributed by atoms with E-state index < -0.39 is 0 Å². The molecule has 0 unspecified atom stereocenters. The molecule has 0 amide bonds. The zero-order valence-electron chi connectivity index (χ0n) is 23.1. The average molecular weight is 524 g/mol. The summed E-state index contributed by atoms with van der Waals surface area (Å²) in [6, 6.07) is 45.6. The molecule has 0 aliphatic rings. The molecule has 9 aromatic rings. The topological polar surface area (TPSA) is 4.93 Å². The minimum Gasteiger partial charge on any atom is -0.340 e. The number of benzene rings is 8. The van der Waals surface area contributed by atoms with Crippen molar-refractivity contribution in [1.29, 1.82) is 0 Å². The van der Waals surface area contributed by atoms with Gasteiger partial charge in [-0.05, 0) is 83.9 Å². The third kappa shape index (κ3) is 3.18. The Kier molecular flexibility index (Phi) is 4.78. The lowest BCUT2D eigenvalue weighted by Gasteiger charge is -2.11. The first-order valence-corrected chi connectivity index (χ1v) is 14.8. The summed E-state index contributed by atoms with van der Waals surface area (Å²) in [4.78, 5) is 0. The molecular weight excluding hydrogens is 494 g/mol. The number of unbranched alkanes of at least 4 members (excludes halogenated alkanes) is 1. The first-order chi connectivity index (χ1) is 20.3. The van der Waals surface area contributed by atoms with Crippen LogP contribution < -0.4 is 0 Å². The average Bonchev–Trinajstić information content (AvgIpc) is 3.34. The highest BCUT2D eigenvalue weighted by molar-refractivity contribution is 6.33. The number of rotatable bonds is 3. The molecule has 41 heavy (non-hydrogen) atoms. The molecule has 0 fully saturated rings. The summed E-state index contributed by atoms with van der Waals surface area (Å²) in [7, 11) is 0. The molecule has 0 atom stereocenters. The highest BCUT2D eigenvalue weighted by atomic mass is 15.0. The maximum absolute atomic E-state index is 2.60. The molecule has 0 bridgehead atoms. The summed E-state index contributed by atoms with van der Waals surface area (Å²) in [6.07, 6.45) is 2.33. The van der Waals surface area contributed by atoms with Gasteiger partial charge < -0.3 is 4.57 Å². The maximum Gasteiger partial charge on any atom is 0.0498 e. The molecule has 194 valence electrons. The molecule has 1 nitrogen and oxygen atoms in total. The summed E-state index contributed by atoms with van der Waals surface area (Å²) in [6.45, 7) is 3.31. The van der Waals surface area contributed by atoms with Gasteiger partial charge in [0.15, 0.2) is 0 Å². The van der Waals surface area contributed by atoms with Crippen LogP contribution in [0.3, 0.4) is 0 Å². The Hall–Kier alpha value is -4.88. The van der Waals surface area contributed by atoms with Gasteiger partial charge in [0, 0.05) is 33.7 Å². The third-order valence-corrected chi connectivity index (χ3v) is 9.30. The van der Waals surface area contributed by atoms with E-state index in [9.17, 15) is 0 Å². The van der Waals surface area contributed by atoms with Crippen molar-refractivity contribution in [3.05, 3.63) is 121 Å². The van der Waals surface area contributed by atoms with Gasteiger partial charge in [0.05, 0.1) is 0 Å². The Morgan fingerprint density at radius 1 is 0.415 bits per heavy atom. The number of nitrogens with zero attached hydrogens (tertiary/aromatic N) is 1. The monoisotopic (exact) mass is 523 g/mol. The number of aromatic nitrogens is 1. The molecule has 1 heterocycles. The lowest BCUT2D eigenvalue weighted by atomic mass is 9.92. The highest BCUT2D eigenvalue weighted by Crippen LogP contribution is 2.43. The van der Waals surface area contributed by atoms with Crippen LogP contribution in [-0.2, 0) is 6.54 Å². The lowest BCUT2D eigenvalue weighted by molar-refractivity contribution is 0.665. The molecule has 1 aromatic heterocycles. The standard InChI is InChI=1S/C40H29N/c1-2-3-22-41-35-21-20-29-17-16-28-15-13-26-9-5-7-11-32(26)38(28)39(29)40(35)34-23-30-19-18-27-14-12-25-8-4-6-10-31(25)37(27)33(30)24-36(34)41/h4-21,23-24H,2-3,22H2,1H3. The van der Waals surface area contributed by atoms with E-state index in [1.54, 1.807) is 0 Å². The van der Waals surface area contributed by atoms with E-state index in [2.05, 4.69) is 133 Å². The fourth-order valence-corrected chi connectivity index (χ4v) is 7.38. The van der Waals surface area contributed by atoms with Crippen molar-refractivity contribution in [1.82, 2.24) is 4.57 Å². The molecule has 0 aliphatic carbocycles. The minimum absolute atomic E-state index is 1.02. The van der Waals surface area contributed by atoms with Gasteiger partial charge in [0.2, 0.25) is 0 Å². The van der Waals surface area contributed by atoms with Gasteiger partial charge in [0.1, 0.15) is 0 Å². The van der Waals surface area contributed by atoms with Gasteiger partial charge in [-0.15, -0.1) is 0 Å². The first kappa shape index (κ1) is 22.9. The summed E-state index contributed by atoms with van der Waals surface area (Å²) in [5.41, 5.74) is 2.68. The van der Waals surface area contributed by atoms with Crippen LogP contribution in [-0.4, -0.2) is 4.57 Å². The van der Waals surface area contributed by atoms with E-state index >= 15 is 0 Å². The lowest BCUT2D eigenvalue weighted by Crippen LogP contribution is -1.97. The number of aryl methyl sites for hydroxylation is 1. The van der Waals surface area contributed by atoms with E-state index in [1.165, 1.54) is 92.9 Å². The van der Waals surface area contributed by atoms with Crippen molar-refractivity contribution in [2.45, 2.75) is 26.3 Å². The van der Waals surface area contributed by atoms with Crippen molar-refractivity contribution < 1.29 is 0 Å². The van der Waals surface area contributed by atoms with E-state index in [0.717, 1.165) is 13.0 Å². The van der Waals surface area contributed by atoms with Crippen LogP contribution in [0.25, 0.3) is 86.4 Å². The molecule has 1 heteroatoms. The smallest absolute Gasteiger partial charge is 0.0498 e. The Morgan fingerprint density at radius 3 is 1.68 bits per heavy atom. The Balaban J connectivity index is 1.53. The van der Waals surface area contributed by atoms with Gasteiger partial charge in [-0.2, -0.15) is 0 Å². The van der Waals surface area contributed by atoms with Gasteiger partial charge in [-0.1, -0.05) is 116 Å². The predicted molar refractivity (Wildman–Crippen MR) is 179 cm³/mol. The quantitative estimate of drug-likeness (QED) is 0.203. The Morgan fingerprint density at radius 2 is 0.976 bits per heavy atom. The van der Waals surface area contributed by atoms with Crippen LogP contribution in [0.15, 0.2) is 121 Å². The van der Waals surface area contributed by atoms with E-state index in [0.29, 0.717) is 0 Å². The van der Waals surface area contributed by atoms with Crippen molar-refractivity contribution in [2.24, 2.45) is 0 Å². The number of fused-ring (bicyclic) bond motifs is 14. The van der Waals surface area contributed by atoms with Gasteiger partial charge >= 0.3 is 0 Å². The Bertz CT molecular complexity index is 2510. The summed E-state index contributed by atoms with van der Waals surface area (Å²) < 4.78 is 2.60. The minimum atomic E-state index is 1.02. The zero-order valence-corrected chi connectivity index (χ0v) is 23.1. The van der Waals surface area contributed by atoms with Crippen LogP contribution in [0.1, 0.15) is 19.8 Å². The molecule has 9 rings (SSSR count). The third-order valence-electron chi connectivity index (χ3n) is 9.30. The summed E-state index contributed by atoms with van der Waals surface area (Å²) in [5, 5.41) is 18.6. The van der Waals surface area contributed by atoms with Crippen molar-refractivity contribution in [3.63, 3.8) is 0 Å². The first-order valence-electron chi connectivity index (χ1n) is 14.8. The molecule has 0 saturated heterocycles. The molecule has 0 N–H and O–H groups in total.